The molecule has 1 aliphatic heterocycles. The molecule has 0 bridgehead atoms. The molecule has 1 fully saturated rings. The quantitative estimate of drug-likeness (QED) is 0.599. The van der Waals surface area contributed by atoms with Crippen molar-refractivity contribution >= 4 is 17.5 Å². The zero-order valence-corrected chi connectivity index (χ0v) is 19.9. The van der Waals surface area contributed by atoms with Gasteiger partial charge in [0.15, 0.2) is 0 Å². The monoisotopic (exact) mass is 444 g/mol. The van der Waals surface area contributed by atoms with Crippen LogP contribution in [0.5, 0.6) is 0 Å². The Morgan fingerprint density at radius 2 is 1.91 bits per heavy atom. The van der Waals surface area contributed by atoms with Gasteiger partial charge in [-0.2, -0.15) is 0 Å². The summed E-state index contributed by atoms with van der Waals surface area (Å²) in [6.45, 7) is 5.47. The molecule has 1 amide bonds. The van der Waals surface area contributed by atoms with E-state index in [1.54, 1.807) is 0 Å². The number of aromatic nitrogens is 3. The van der Waals surface area contributed by atoms with Gasteiger partial charge in [0.05, 0.1) is 11.7 Å². The summed E-state index contributed by atoms with van der Waals surface area (Å²) in [5, 5.41) is 2.84. The molecule has 33 heavy (non-hydrogen) atoms. The highest BCUT2D eigenvalue weighted by Gasteiger charge is 2.29. The fraction of sp³-hybridized carbons (Fsp3) is 0.385. The van der Waals surface area contributed by atoms with Crippen LogP contribution in [0.4, 0.5) is 11.6 Å². The van der Waals surface area contributed by atoms with Gasteiger partial charge in [-0.15, -0.1) is 0 Å². The molecule has 3 aromatic rings. The second kappa shape index (κ2) is 10.1. The molecule has 1 aliphatic rings. The lowest BCUT2D eigenvalue weighted by Crippen LogP contribution is -2.34. The summed E-state index contributed by atoms with van der Waals surface area (Å²) in [6, 6.07) is 10.4. The molecule has 4 rings (SSSR count). The first-order chi connectivity index (χ1) is 15.9. The summed E-state index contributed by atoms with van der Waals surface area (Å²) in [6.07, 6.45) is 9.11. The number of amides is 1. The first-order valence-corrected chi connectivity index (χ1v) is 11.5. The minimum atomic E-state index is -0.0572. The summed E-state index contributed by atoms with van der Waals surface area (Å²) < 4.78 is 0. The van der Waals surface area contributed by atoms with E-state index in [-0.39, 0.29) is 11.9 Å². The molecule has 0 saturated carbocycles. The Morgan fingerprint density at radius 3 is 2.61 bits per heavy atom. The number of hydrogen-bond acceptors (Lipinski definition) is 6. The van der Waals surface area contributed by atoms with Crippen molar-refractivity contribution in [3.05, 3.63) is 65.7 Å². The van der Waals surface area contributed by atoms with E-state index in [2.05, 4.69) is 45.3 Å². The summed E-state index contributed by atoms with van der Waals surface area (Å²) >= 11 is 0. The maximum atomic E-state index is 11.3. The van der Waals surface area contributed by atoms with Crippen LogP contribution in [0.15, 0.2) is 48.9 Å². The minimum absolute atomic E-state index is 0.0572. The molecule has 1 saturated heterocycles. The number of carbonyl (C=O) groups excluding carboxylic acids is 1. The van der Waals surface area contributed by atoms with Crippen molar-refractivity contribution in [2.45, 2.75) is 45.7 Å². The van der Waals surface area contributed by atoms with Crippen LogP contribution in [-0.4, -0.2) is 46.4 Å². The third-order valence-electron chi connectivity index (χ3n) is 6.11. The zero-order chi connectivity index (χ0) is 23.4. The van der Waals surface area contributed by atoms with Gasteiger partial charge >= 0.3 is 0 Å². The second-order valence-electron chi connectivity index (χ2n) is 8.91. The number of carbonyl (C=O) groups is 1. The van der Waals surface area contributed by atoms with Crippen molar-refractivity contribution in [1.82, 2.24) is 19.9 Å². The third kappa shape index (κ3) is 5.37. The first-order valence-electron chi connectivity index (χ1n) is 11.5. The maximum Gasteiger partial charge on any atom is 0.225 e. The van der Waals surface area contributed by atoms with Crippen LogP contribution in [0.3, 0.4) is 0 Å². The van der Waals surface area contributed by atoms with Crippen LogP contribution < -0.4 is 10.2 Å². The number of nitrogens with zero attached hydrogens (tertiary/aromatic N) is 5. The normalized spacial score (nSPS) is 16.4. The van der Waals surface area contributed by atoms with Crippen LogP contribution in [0.2, 0.25) is 0 Å². The number of rotatable bonds is 6. The molecule has 1 aromatic carbocycles. The third-order valence-corrected chi connectivity index (χ3v) is 6.11. The van der Waals surface area contributed by atoms with E-state index in [0.717, 1.165) is 53.5 Å². The standard InChI is InChI=1S/C26H32N6O/c1-18-15-27-13-12-22(18)23-16-28-26(31(3)4)30-25(23)24-7-5-6-14-32(24)17-20-8-10-21(11-9-20)29-19(2)33/h8-13,15-16,24H,5-7,14,17H2,1-4H3,(H,29,33)/t24-/m0/s1. The molecular weight excluding hydrogens is 412 g/mol. The highest BCUT2D eigenvalue weighted by molar-refractivity contribution is 5.88. The predicted molar refractivity (Wildman–Crippen MR) is 132 cm³/mol. The van der Waals surface area contributed by atoms with Gasteiger partial charge in [0, 0.05) is 57.4 Å². The number of piperidine rings is 1. The Labute approximate surface area is 195 Å². The van der Waals surface area contributed by atoms with Gasteiger partial charge in [-0.25, -0.2) is 9.97 Å². The number of aryl methyl sites for hydroxylation is 1. The van der Waals surface area contributed by atoms with Crippen LogP contribution >= 0.6 is 0 Å². The van der Waals surface area contributed by atoms with Crippen LogP contribution in [0.25, 0.3) is 11.1 Å². The lowest BCUT2D eigenvalue weighted by atomic mass is 9.92. The summed E-state index contributed by atoms with van der Waals surface area (Å²) in [4.78, 5) is 29.8. The van der Waals surface area contributed by atoms with Crippen molar-refractivity contribution in [1.29, 1.82) is 0 Å². The molecule has 1 atom stereocenters. The number of hydrogen-bond donors (Lipinski definition) is 1. The smallest absolute Gasteiger partial charge is 0.225 e. The second-order valence-corrected chi connectivity index (χ2v) is 8.91. The Bertz CT molecular complexity index is 1110. The van der Waals surface area contributed by atoms with E-state index in [4.69, 9.17) is 4.98 Å². The van der Waals surface area contributed by atoms with Gasteiger partial charge in [-0.3, -0.25) is 14.7 Å². The molecular formula is C26H32N6O. The molecule has 172 valence electrons. The summed E-state index contributed by atoms with van der Waals surface area (Å²) in [5.74, 6) is 0.670. The van der Waals surface area contributed by atoms with Crippen molar-refractivity contribution in [2.24, 2.45) is 0 Å². The van der Waals surface area contributed by atoms with Crippen molar-refractivity contribution < 1.29 is 4.79 Å². The molecule has 0 radical (unpaired) electrons. The zero-order valence-electron chi connectivity index (χ0n) is 19.9. The van der Waals surface area contributed by atoms with Crippen molar-refractivity contribution in [3.63, 3.8) is 0 Å². The Morgan fingerprint density at radius 1 is 1.12 bits per heavy atom. The van der Waals surface area contributed by atoms with E-state index in [0.29, 0.717) is 0 Å². The Balaban J connectivity index is 1.68. The topological polar surface area (TPSA) is 74.2 Å². The molecule has 0 unspecified atom stereocenters. The van der Waals surface area contributed by atoms with E-state index < -0.39 is 0 Å². The number of anilines is 2. The Hall–Kier alpha value is -3.32. The predicted octanol–water partition coefficient (Wildman–Crippen LogP) is 4.60. The molecule has 0 aliphatic carbocycles. The van der Waals surface area contributed by atoms with Crippen LogP contribution in [0, 0.1) is 6.92 Å². The van der Waals surface area contributed by atoms with Crippen molar-refractivity contribution in [2.75, 3.05) is 30.9 Å². The lowest BCUT2D eigenvalue weighted by Gasteiger charge is -2.36. The summed E-state index contributed by atoms with van der Waals surface area (Å²) in [7, 11) is 3.96. The minimum Gasteiger partial charge on any atom is -0.347 e. The van der Waals surface area contributed by atoms with Gasteiger partial charge in [0.1, 0.15) is 0 Å². The fourth-order valence-electron chi connectivity index (χ4n) is 4.46. The van der Waals surface area contributed by atoms with Gasteiger partial charge in [0.25, 0.3) is 0 Å². The van der Waals surface area contributed by atoms with E-state index in [1.807, 2.05) is 49.7 Å². The highest BCUT2D eigenvalue weighted by Crippen LogP contribution is 2.37. The molecule has 1 N–H and O–H groups in total. The Kier molecular flexibility index (Phi) is 6.99. The molecule has 7 nitrogen and oxygen atoms in total. The van der Waals surface area contributed by atoms with Gasteiger partial charge in [0.2, 0.25) is 11.9 Å². The first kappa shape index (κ1) is 22.9. The maximum absolute atomic E-state index is 11.3. The average Bonchev–Trinajstić information content (AvgIpc) is 2.80. The van der Waals surface area contributed by atoms with Gasteiger partial charge < -0.3 is 10.2 Å². The molecule has 3 heterocycles. The van der Waals surface area contributed by atoms with Gasteiger partial charge in [-0.1, -0.05) is 18.6 Å². The van der Waals surface area contributed by atoms with Crippen LogP contribution in [0.1, 0.15) is 49.0 Å². The fourth-order valence-corrected chi connectivity index (χ4v) is 4.46. The number of pyridine rings is 1. The number of nitrogens with one attached hydrogen (secondary N) is 1. The molecule has 7 heteroatoms. The number of benzene rings is 1. The average molecular weight is 445 g/mol. The van der Waals surface area contributed by atoms with Gasteiger partial charge in [-0.05, 0) is 61.2 Å². The number of likely N-dealkylation sites (tertiary alicyclic amines) is 1. The van der Waals surface area contributed by atoms with E-state index >= 15 is 0 Å². The van der Waals surface area contributed by atoms with Crippen molar-refractivity contribution in [3.8, 4) is 11.1 Å². The highest BCUT2D eigenvalue weighted by atomic mass is 16.1. The summed E-state index contributed by atoms with van der Waals surface area (Å²) in [5.41, 5.74) is 6.46. The molecule has 0 spiro atoms. The largest absolute Gasteiger partial charge is 0.347 e. The van der Waals surface area contributed by atoms with Crippen LogP contribution in [-0.2, 0) is 11.3 Å². The van der Waals surface area contributed by atoms with E-state index in [9.17, 15) is 4.79 Å². The lowest BCUT2D eigenvalue weighted by molar-refractivity contribution is -0.114. The molecule has 2 aromatic heterocycles. The van der Waals surface area contributed by atoms with E-state index in [1.165, 1.54) is 25.3 Å². The SMILES string of the molecule is CC(=O)Nc1ccc(CN2CCCC[C@H]2c2nc(N(C)C)ncc2-c2ccncc2C)cc1.